The molecule has 1 heterocycles. The lowest BCUT2D eigenvalue weighted by Crippen LogP contribution is -2.53. The number of amides is 3. The summed E-state index contributed by atoms with van der Waals surface area (Å²) >= 11 is 0. The Morgan fingerprint density at radius 3 is 2.33 bits per heavy atom. The third kappa shape index (κ3) is 9.63. The summed E-state index contributed by atoms with van der Waals surface area (Å²) in [5, 5.41) is 5.34. The second kappa shape index (κ2) is 13.4. The molecule has 1 fully saturated rings. The lowest BCUT2D eigenvalue weighted by Gasteiger charge is -2.29. The summed E-state index contributed by atoms with van der Waals surface area (Å²) in [6, 6.07) is -1.58. The number of likely N-dealkylation sites (N-methyl/N-ethyl adjacent to an activating group) is 1. The fourth-order valence-electron chi connectivity index (χ4n) is 4.38. The average Bonchev–Trinajstić information content (AvgIpc) is 2.75. The van der Waals surface area contributed by atoms with Crippen molar-refractivity contribution in [1.82, 2.24) is 15.5 Å². The molecule has 0 bridgehead atoms. The summed E-state index contributed by atoms with van der Waals surface area (Å²) < 4.78 is 5.83. The van der Waals surface area contributed by atoms with Gasteiger partial charge in [-0.15, -0.1) is 0 Å². The highest BCUT2D eigenvalue weighted by molar-refractivity contribution is 5.93. The smallest absolute Gasteiger partial charge is 0.326 e. The molecular weight excluding hydrogens is 458 g/mol. The van der Waals surface area contributed by atoms with E-state index in [9.17, 15) is 19.2 Å². The van der Waals surface area contributed by atoms with Gasteiger partial charge in [0.05, 0.1) is 0 Å². The molecule has 0 aromatic carbocycles. The minimum absolute atomic E-state index is 0.0176. The van der Waals surface area contributed by atoms with Gasteiger partial charge in [0.25, 0.3) is 0 Å². The van der Waals surface area contributed by atoms with Gasteiger partial charge in [-0.25, -0.2) is 0 Å². The maximum Gasteiger partial charge on any atom is 0.326 e. The van der Waals surface area contributed by atoms with E-state index in [1.54, 1.807) is 6.92 Å². The standard InChI is InChI=1S/C28H45N3O5/c1-11-12-22-26(34)29-16-24(33)36-25(19(4)13-17(2)15-28(7,8)9)20(5)18(3)14-23(32)30-21(6)27(35)31(22)10/h13,15,20-22,25H,3,11-12,14,16H2,1-2,4-10H3,(H,29,34)(H,30,32)/b17-15+,19-13+/t20-,21+,22?,25?/m1/s1. The SMILES string of the molecule is C=C1CC(=O)N[C@@H](C)C(=O)N(C)C(CCC)C(=O)NCC(=O)OC(/C(C)=C/C(C)=C/C(C)(C)C)[C@@H]1C. The van der Waals surface area contributed by atoms with E-state index < -0.39 is 30.1 Å². The molecule has 1 rings (SSSR count). The van der Waals surface area contributed by atoms with Gasteiger partial charge in [-0.2, -0.15) is 0 Å². The zero-order valence-corrected chi connectivity index (χ0v) is 23.5. The average molecular weight is 504 g/mol. The fourth-order valence-corrected chi connectivity index (χ4v) is 4.38. The van der Waals surface area contributed by atoms with Crippen LogP contribution < -0.4 is 10.6 Å². The molecule has 0 aromatic heterocycles. The van der Waals surface area contributed by atoms with Gasteiger partial charge in [-0.3, -0.25) is 19.2 Å². The molecule has 0 aromatic rings. The lowest BCUT2D eigenvalue weighted by molar-refractivity contribution is -0.149. The first-order chi connectivity index (χ1) is 16.6. The summed E-state index contributed by atoms with van der Waals surface area (Å²) in [7, 11) is 1.53. The maximum atomic E-state index is 12.9. The monoisotopic (exact) mass is 503 g/mol. The molecule has 1 aliphatic heterocycles. The molecule has 0 radical (unpaired) electrons. The van der Waals surface area contributed by atoms with Gasteiger partial charge in [0.2, 0.25) is 17.7 Å². The molecule has 1 aliphatic rings. The molecule has 202 valence electrons. The van der Waals surface area contributed by atoms with Crippen molar-refractivity contribution in [2.75, 3.05) is 13.6 Å². The second-order valence-electron chi connectivity index (χ2n) is 10.9. The Morgan fingerprint density at radius 2 is 1.78 bits per heavy atom. The van der Waals surface area contributed by atoms with E-state index in [4.69, 9.17) is 4.74 Å². The van der Waals surface area contributed by atoms with Crippen molar-refractivity contribution in [3.05, 3.63) is 35.5 Å². The Balaban J connectivity index is 3.37. The Hall–Kier alpha value is -2.90. The third-order valence-electron chi connectivity index (χ3n) is 6.14. The molecule has 8 heteroatoms. The molecule has 2 unspecified atom stereocenters. The van der Waals surface area contributed by atoms with Crippen LogP contribution in [-0.2, 0) is 23.9 Å². The molecule has 3 amide bonds. The minimum atomic E-state index is -0.816. The number of carbonyl (C=O) groups excluding carboxylic acids is 4. The van der Waals surface area contributed by atoms with Crippen LogP contribution in [0.25, 0.3) is 0 Å². The number of nitrogens with one attached hydrogen (secondary N) is 2. The van der Waals surface area contributed by atoms with Crippen LogP contribution in [0.15, 0.2) is 35.5 Å². The normalized spacial score (nSPS) is 26.6. The highest BCUT2D eigenvalue weighted by Gasteiger charge is 2.32. The van der Waals surface area contributed by atoms with Crippen LogP contribution in [0.2, 0.25) is 0 Å². The summed E-state index contributed by atoms with van der Waals surface area (Å²) in [6.45, 7) is 19.3. The summed E-state index contributed by atoms with van der Waals surface area (Å²) in [5.41, 5.74) is 2.38. The van der Waals surface area contributed by atoms with E-state index >= 15 is 0 Å². The van der Waals surface area contributed by atoms with Crippen LogP contribution >= 0.6 is 0 Å². The van der Waals surface area contributed by atoms with Crippen molar-refractivity contribution in [3.8, 4) is 0 Å². The first-order valence-electron chi connectivity index (χ1n) is 12.7. The summed E-state index contributed by atoms with van der Waals surface area (Å²) in [4.78, 5) is 52.7. The third-order valence-corrected chi connectivity index (χ3v) is 6.14. The van der Waals surface area contributed by atoms with E-state index in [2.05, 4.69) is 44.1 Å². The van der Waals surface area contributed by atoms with Crippen LogP contribution in [0.5, 0.6) is 0 Å². The number of nitrogens with zero attached hydrogens (tertiary/aromatic N) is 1. The number of hydrogen-bond donors (Lipinski definition) is 2. The van der Waals surface area contributed by atoms with Gasteiger partial charge in [0, 0.05) is 19.4 Å². The molecule has 0 spiro atoms. The van der Waals surface area contributed by atoms with Crippen molar-refractivity contribution < 1.29 is 23.9 Å². The van der Waals surface area contributed by atoms with Crippen molar-refractivity contribution in [2.45, 2.75) is 92.8 Å². The molecule has 1 saturated heterocycles. The van der Waals surface area contributed by atoms with E-state index in [1.807, 2.05) is 33.8 Å². The van der Waals surface area contributed by atoms with Crippen molar-refractivity contribution in [3.63, 3.8) is 0 Å². The van der Waals surface area contributed by atoms with Gasteiger partial charge in [0.15, 0.2) is 0 Å². The molecule has 4 atom stereocenters. The number of esters is 1. The number of carbonyl (C=O) groups is 4. The maximum absolute atomic E-state index is 12.9. The molecule has 36 heavy (non-hydrogen) atoms. The topological polar surface area (TPSA) is 105 Å². The molecule has 8 nitrogen and oxygen atoms in total. The highest BCUT2D eigenvalue weighted by atomic mass is 16.5. The van der Waals surface area contributed by atoms with Crippen molar-refractivity contribution in [1.29, 1.82) is 0 Å². The number of hydrogen-bond acceptors (Lipinski definition) is 5. The molecular formula is C28H45N3O5. The van der Waals surface area contributed by atoms with Crippen LogP contribution in [0.1, 0.15) is 74.7 Å². The molecule has 0 aliphatic carbocycles. The summed E-state index contributed by atoms with van der Waals surface area (Å²) in [6.07, 6.45) is 4.48. The zero-order chi connectivity index (χ0) is 27.8. The fraction of sp³-hybridized carbons (Fsp3) is 0.643. The van der Waals surface area contributed by atoms with Crippen LogP contribution in [0, 0.1) is 11.3 Å². The predicted molar refractivity (Wildman–Crippen MR) is 142 cm³/mol. The molecule has 0 saturated carbocycles. The Bertz CT molecular complexity index is 913. The highest BCUT2D eigenvalue weighted by Crippen LogP contribution is 2.27. The van der Waals surface area contributed by atoms with Gasteiger partial charge in [0.1, 0.15) is 24.7 Å². The van der Waals surface area contributed by atoms with Crippen LogP contribution in [0.4, 0.5) is 0 Å². The van der Waals surface area contributed by atoms with E-state index in [0.29, 0.717) is 18.4 Å². The minimum Gasteiger partial charge on any atom is -0.456 e. The number of rotatable bonds is 4. The van der Waals surface area contributed by atoms with Crippen LogP contribution in [-0.4, -0.2) is 60.4 Å². The number of allylic oxidation sites excluding steroid dienone is 3. The van der Waals surface area contributed by atoms with E-state index in [-0.39, 0.29) is 36.1 Å². The number of ether oxygens (including phenoxy) is 1. The lowest BCUT2D eigenvalue weighted by atomic mass is 9.88. The van der Waals surface area contributed by atoms with E-state index in [0.717, 1.165) is 11.1 Å². The van der Waals surface area contributed by atoms with Gasteiger partial charge in [-0.05, 0) is 38.2 Å². The summed E-state index contributed by atoms with van der Waals surface area (Å²) in [5.74, 6) is -2.16. The first-order valence-corrected chi connectivity index (χ1v) is 12.7. The zero-order valence-electron chi connectivity index (χ0n) is 23.5. The van der Waals surface area contributed by atoms with Gasteiger partial charge in [-0.1, -0.05) is 70.9 Å². The second-order valence-corrected chi connectivity index (χ2v) is 10.9. The van der Waals surface area contributed by atoms with Gasteiger partial charge >= 0.3 is 5.97 Å². The molecule has 2 N–H and O–H groups in total. The van der Waals surface area contributed by atoms with E-state index in [1.165, 1.54) is 11.9 Å². The van der Waals surface area contributed by atoms with Crippen molar-refractivity contribution >= 4 is 23.7 Å². The predicted octanol–water partition coefficient (Wildman–Crippen LogP) is 3.68. The van der Waals surface area contributed by atoms with Crippen molar-refractivity contribution in [2.24, 2.45) is 11.3 Å². The largest absolute Gasteiger partial charge is 0.456 e. The van der Waals surface area contributed by atoms with Crippen LogP contribution in [0.3, 0.4) is 0 Å². The van der Waals surface area contributed by atoms with Gasteiger partial charge < -0.3 is 20.3 Å². The first kappa shape index (κ1) is 31.1. The quantitative estimate of drug-likeness (QED) is 0.346. The Labute approximate surface area is 216 Å². The Morgan fingerprint density at radius 1 is 1.17 bits per heavy atom. The Kier molecular flexibility index (Phi) is 11.6. The number of cyclic esters (lactones) is 1.